The molecule has 0 aliphatic heterocycles. The van der Waals surface area contributed by atoms with Gasteiger partial charge in [0, 0.05) is 33.8 Å². The molecular weight excluding hydrogens is 314 g/mol. The standard InChI is InChI=1S/C20H19N3S/c1-13-7-8-18-16(9-13)14(11-22-18)12-23-20-17(10-21)15-5-3-2-4-6-19(15)24-20/h7-9,11-12,22H,2-6H2,1H3. The minimum absolute atomic E-state index is 0.796. The SMILES string of the molecule is Cc1ccc2[nH]cc(C=Nc3sc4c(c3C#N)CCCCC4)c2c1. The van der Waals surface area contributed by atoms with Crippen LogP contribution in [-0.4, -0.2) is 11.2 Å². The van der Waals surface area contributed by atoms with Gasteiger partial charge in [-0.2, -0.15) is 5.26 Å². The van der Waals surface area contributed by atoms with Crippen LogP contribution in [-0.2, 0) is 12.8 Å². The number of nitriles is 1. The number of H-pyrrole nitrogens is 1. The van der Waals surface area contributed by atoms with Gasteiger partial charge in [-0.25, -0.2) is 4.99 Å². The second-order valence-corrected chi connectivity index (χ2v) is 7.49. The van der Waals surface area contributed by atoms with Crippen LogP contribution in [0.15, 0.2) is 29.4 Å². The lowest BCUT2D eigenvalue weighted by Crippen LogP contribution is -1.87. The molecule has 4 rings (SSSR count). The molecule has 0 radical (unpaired) electrons. The van der Waals surface area contributed by atoms with Gasteiger partial charge in [-0.1, -0.05) is 18.1 Å². The molecule has 4 heteroatoms. The van der Waals surface area contributed by atoms with Crippen molar-refractivity contribution >= 4 is 33.5 Å². The molecule has 0 fully saturated rings. The molecule has 1 aromatic carbocycles. The number of nitrogens with one attached hydrogen (secondary N) is 1. The van der Waals surface area contributed by atoms with Gasteiger partial charge in [-0.3, -0.25) is 0 Å². The van der Waals surface area contributed by atoms with Crippen molar-refractivity contribution < 1.29 is 0 Å². The summed E-state index contributed by atoms with van der Waals surface area (Å²) in [5.41, 5.74) is 5.47. The number of nitrogens with zero attached hydrogens (tertiary/aromatic N) is 2. The molecule has 24 heavy (non-hydrogen) atoms. The topological polar surface area (TPSA) is 51.9 Å². The summed E-state index contributed by atoms with van der Waals surface area (Å²) < 4.78 is 0. The highest BCUT2D eigenvalue weighted by atomic mass is 32.1. The fourth-order valence-electron chi connectivity index (χ4n) is 3.43. The summed E-state index contributed by atoms with van der Waals surface area (Å²) in [4.78, 5) is 9.34. The fourth-order valence-corrected chi connectivity index (χ4v) is 4.61. The summed E-state index contributed by atoms with van der Waals surface area (Å²) in [6.45, 7) is 2.09. The van der Waals surface area contributed by atoms with Crippen molar-refractivity contribution in [2.24, 2.45) is 4.99 Å². The predicted octanol–water partition coefficient (Wildman–Crippen LogP) is 5.43. The molecular formula is C20H19N3S. The first-order chi connectivity index (χ1) is 11.8. The van der Waals surface area contributed by atoms with Crippen LogP contribution in [0, 0.1) is 18.3 Å². The zero-order valence-electron chi connectivity index (χ0n) is 13.7. The number of hydrogen-bond donors (Lipinski definition) is 1. The molecule has 0 saturated heterocycles. The quantitative estimate of drug-likeness (QED) is 0.493. The zero-order chi connectivity index (χ0) is 16.5. The number of aromatic amines is 1. The summed E-state index contributed by atoms with van der Waals surface area (Å²) in [6.07, 6.45) is 9.67. The van der Waals surface area contributed by atoms with Crippen molar-refractivity contribution in [3.63, 3.8) is 0 Å². The van der Waals surface area contributed by atoms with Gasteiger partial charge in [-0.15, -0.1) is 11.3 Å². The first-order valence-corrected chi connectivity index (χ1v) is 9.24. The highest BCUT2D eigenvalue weighted by Gasteiger charge is 2.19. The molecule has 1 aliphatic rings. The maximum atomic E-state index is 9.60. The van der Waals surface area contributed by atoms with Gasteiger partial charge >= 0.3 is 0 Å². The highest BCUT2D eigenvalue weighted by molar-refractivity contribution is 7.16. The van der Waals surface area contributed by atoms with E-state index in [1.807, 2.05) is 12.4 Å². The second kappa shape index (κ2) is 6.26. The van der Waals surface area contributed by atoms with E-state index in [0.717, 1.165) is 34.5 Å². The van der Waals surface area contributed by atoms with Gasteiger partial charge in [0.15, 0.2) is 0 Å². The van der Waals surface area contributed by atoms with E-state index in [-0.39, 0.29) is 0 Å². The van der Waals surface area contributed by atoms with Crippen molar-refractivity contribution in [3.05, 3.63) is 51.5 Å². The molecule has 2 heterocycles. The third kappa shape index (κ3) is 2.65. The number of rotatable bonds is 2. The van der Waals surface area contributed by atoms with Gasteiger partial charge < -0.3 is 4.98 Å². The highest BCUT2D eigenvalue weighted by Crippen LogP contribution is 2.38. The Kier molecular flexibility index (Phi) is 3.95. The third-order valence-corrected chi connectivity index (χ3v) is 5.90. The van der Waals surface area contributed by atoms with Crippen LogP contribution in [0.25, 0.3) is 10.9 Å². The fraction of sp³-hybridized carbons (Fsp3) is 0.300. The normalized spacial score (nSPS) is 14.7. The Hall–Kier alpha value is -2.38. The lowest BCUT2D eigenvalue weighted by atomic mass is 10.1. The zero-order valence-corrected chi connectivity index (χ0v) is 14.5. The second-order valence-electron chi connectivity index (χ2n) is 6.41. The molecule has 3 aromatic rings. The largest absolute Gasteiger partial charge is 0.361 e. The van der Waals surface area contributed by atoms with Gasteiger partial charge in [0.25, 0.3) is 0 Å². The Morgan fingerprint density at radius 2 is 2.12 bits per heavy atom. The van der Waals surface area contributed by atoms with E-state index in [1.165, 1.54) is 40.7 Å². The minimum Gasteiger partial charge on any atom is -0.361 e. The molecule has 0 atom stereocenters. The number of aliphatic imine (C=N–C) groups is 1. The van der Waals surface area contributed by atoms with Crippen molar-refractivity contribution in [3.8, 4) is 6.07 Å². The van der Waals surface area contributed by atoms with Gasteiger partial charge in [0.1, 0.15) is 11.1 Å². The van der Waals surface area contributed by atoms with Crippen molar-refractivity contribution in [2.75, 3.05) is 0 Å². The molecule has 3 nitrogen and oxygen atoms in total. The molecule has 120 valence electrons. The third-order valence-electron chi connectivity index (χ3n) is 4.70. The first-order valence-electron chi connectivity index (χ1n) is 8.42. The van der Waals surface area contributed by atoms with Crippen LogP contribution in [0.1, 0.15) is 46.4 Å². The Labute approximate surface area is 145 Å². The van der Waals surface area contributed by atoms with Crippen LogP contribution in [0.4, 0.5) is 5.00 Å². The Morgan fingerprint density at radius 3 is 3.00 bits per heavy atom. The number of benzene rings is 1. The van der Waals surface area contributed by atoms with Gasteiger partial charge in [0.2, 0.25) is 0 Å². The van der Waals surface area contributed by atoms with Crippen LogP contribution in [0.2, 0.25) is 0 Å². The molecule has 0 saturated carbocycles. The number of thiophene rings is 1. The van der Waals surface area contributed by atoms with Crippen LogP contribution >= 0.6 is 11.3 Å². The molecule has 1 aliphatic carbocycles. The van der Waals surface area contributed by atoms with E-state index in [1.54, 1.807) is 11.3 Å². The van der Waals surface area contributed by atoms with Gasteiger partial charge in [0.05, 0.1) is 5.56 Å². The smallest absolute Gasteiger partial charge is 0.134 e. The van der Waals surface area contributed by atoms with E-state index in [4.69, 9.17) is 0 Å². The van der Waals surface area contributed by atoms with E-state index < -0.39 is 0 Å². The average molecular weight is 333 g/mol. The lowest BCUT2D eigenvalue weighted by Gasteiger charge is -1.97. The maximum Gasteiger partial charge on any atom is 0.134 e. The van der Waals surface area contributed by atoms with Crippen molar-refractivity contribution in [2.45, 2.75) is 39.0 Å². The van der Waals surface area contributed by atoms with E-state index >= 15 is 0 Å². The summed E-state index contributed by atoms with van der Waals surface area (Å²) in [6, 6.07) is 8.76. The van der Waals surface area contributed by atoms with Crippen LogP contribution in [0.3, 0.4) is 0 Å². The lowest BCUT2D eigenvalue weighted by molar-refractivity contribution is 0.712. The van der Waals surface area contributed by atoms with Gasteiger partial charge in [-0.05, 0) is 50.3 Å². The first kappa shape index (κ1) is 15.2. The summed E-state index contributed by atoms with van der Waals surface area (Å²) in [7, 11) is 0. The van der Waals surface area contributed by atoms with Crippen LogP contribution < -0.4 is 0 Å². The molecule has 1 N–H and O–H groups in total. The molecule has 0 amide bonds. The van der Waals surface area contributed by atoms with E-state index in [9.17, 15) is 5.26 Å². The Balaban J connectivity index is 1.73. The average Bonchev–Trinajstić information content (AvgIpc) is 3.05. The predicted molar refractivity (Wildman–Crippen MR) is 101 cm³/mol. The van der Waals surface area contributed by atoms with Crippen molar-refractivity contribution in [1.29, 1.82) is 5.26 Å². The number of hydrogen-bond acceptors (Lipinski definition) is 3. The summed E-state index contributed by atoms with van der Waals surface area (Å²) in [5.74, 6) is 0. The molecule has 0 spiro atoms. The molecule has 0 unspecified atom stereocenters. The van der Waals surface area contributed by atoms with E-state index in [0.29, 0.717) is 0 Å². The number of aromatic nitrogens is 1. The Bertz CT molecular complexity index is 969. The molecule has 2 aromatic heterocycles. The maximum absolute atomic E-state index is 9.60. The summed E-state index contributed by atoms with van der Waals surface area (Å²) in [5, 5.41) is 11.6. The summed E-state index contributed by atoms with van der Waals surface area (Å²) >= 11 is 1.70. The number of fused-ring (bicyclic) bond motifs is 2. The van der Waals surface area contributed by atoms with E-state index in [2.05, 4.69) is 41.2 Å². The number of aryl methyl sites for hydroxylation is 2. The van der Waals surface area contributed by atoms with Crippen molar-refractivity contribution in [1.82, 2.24) is 4.98 Å². The minimum atomic E-state index is 0.796. The Morgan fingerprint density at radius 1 is 1.25 bits per heavy atom. The van der Waals surface area contributed by atoms with Crippen LogP contribution in [0.5, 0.6) is 0 Å². The molecule has 0 bridgehead atoms. The monoisotopic (exact) mass is 333 g/mol.